The molecule has 0 rings (SSSR count). The van der Waals surface area contributed by atoms with E-state index in [9.17, 15) is 9.90 Å². The fourth-order valence-electron chi connectivity index (χ4n) is 0.575. The second-order valence-corrected chi connectivity index (χ2v) is 1.86. The van der Waals surface area contributed by atoms with Crippen molar-refractivity contribution in [1.82, 2.24) is 0 Å². The Balaban J connectivity index is 4.79. The lowest BCUT2D eigenvalue weighted by Crippen LogP contribution is -2.16. The molecule has 0 radical (unpaired) electrons. The van der Waals surface area contributed by atoms with Crippen LogP contribution in [0.5, 0.6) is 0 Å². The number of nitrogens with one attached hydrogen (secondary N) is 1. The average molecular weight is 142 g/mol. The van der Waals surface area contributed by atoms with E-state index in [-0.39, 0.29) is 5.71 Å². The molecule has 0 aromatic rings. The van der Waals surface area contributed by atoms with Gasteiger partial charge in [-0.05, 0) is 6.92 Å². The zero-order chi connectivity index (χ0) is 8.31. The van der Waals surface area contributed by atoms with E-state index < -0.39 is 17.3 Å². The number of allylic oxidation sites excluding steroid dienone is 1. The van der Waals surface area contributed by atoms with Crippen LogP contribution in [0.4, 0.5) is 0 Å². The SMILES string of the molecule is CC(=N)/C(C(=O)O)=C(/C)[O-]. The highest BCUT2D eigenvalue weighted by atomic mass is 16.4. The van der Waals surface area contributed by atoms with E-state index in [1.54, 1.807) is 0 Å². The molecule has 0 aromatic carbocycles. The molecule has 0 aliphatic heterocycles. The second kappa shape index (κ2) is 3.00. The van der Waals surface area contributed by atoms with Gasteiger partial charge in [-0.3, -0.25) is 0 Å². The fraction of sp³-hybridized carbons (Fsp3) is 0.333. The Morgan fingerprint density at radius 2 is 1.90 bits per heavy atom. The predicted octanol–water partition coefficient (Wildman–Crippen LogP) is -0.255. The Labute approximate surface area is 58.3 Å². The van der Waals surface area contributed by atoms with Crippen molar-refractivity contribution in [2.75, 3.05) is 0 Å². The van der Waals surface area contributed by atoms with Crippen LogP contribution in [0, 0.1) is 5.41 Å². The van der Waals surface area contributed by atoms with E-state index in [0.717, 1.165) is 6.92 Å². The van der Waals surface area contributed by atoms with Crippen molar-refractivity contribution < 1.29 is 15.0 Å². The number of carboxylic acids is 1. The highest BCUT2D eigenvalue weighted by Gasteiger charge is 2.07. The van der Waals surface area contributed by atoms with Gasteiger partial charge in [-0.25, -0.2) is 4.79 Å². The summed E-state index contributed by atoms with van der Waals surface area (Å²) in [6.07, 6.45) is 0. The molecule has 0 aromatic heterocycles. The molecule has 0 bridgehead atoms. The van der Waals surface area contributed by atoms with Crippen molar-refractivity contribution in [1.29, 1.82) is 5.41 Å². The minimum Gasteiger partial charge on any atom is -0.875 e. The van der Waals surface area contributed by atoms with E-state index in [4.69, 9.17) is 10.5 Å². The standard InChI is InChI=1S/C6H9NO3/c1-3(7)5(4(2)8)6(9)10/h7-8H,1-2H3,(H,9,10)/p-1/b5-4+,7-3?. The first-order valence-electron chi connectivity index (χ1n) is 2.63. The first-order valence-corrected chi connectivity index (χ1v) is 2.63. The van der Waals surface area contributed by atoms with Crippen LogP contribution >= 0.6 is 0 Å². The van der Waals surface area contributed by atoms with Crippen LogP contribution in [0.2, 0.25) is 0 Å². The maximum absolute atomic E-state index is 10.5. The molecule has 0 amide bonds. The van der Waals surface area contributed by atoms with Gasteiger partial charge < -0.3 is 15.6 Å². The first kappa shape index (κ1) is 8.68. The Hall–Kier alpha value is -1.32. The van der Waals surface area contributed by atoms with Crippen molar-refractivity contribution in [3.63, 3.8) is 0 Å². The Morgan fingerprint density at radius 3 is 1.90 bits per heavy atom. The molecule has 0 aliphatic carbocycles. The molecule has 0 heterocycles. The zero-order valence-corrected chi connectivity index (χ0v) is 5.76. The lowest BCUT2D eigenvalue weighted by atomic mass is 10.1. The van der Waals surface area contributed by atoms with Crippen LogP contribution in [0.3, 0.4) is 0 Å². The second-order valence-electron chi connectivity index (χ2n) is 1.86. The summed E-state index contributed by atoms with van der Waals surface area (Å²) in [6, 6.07) is 0. The van der Waals surface area contributed by atoms with Gasteiger partial charge in [0.05, 0.1) is 5.57 Å². The van der Waals surface area contributed by atoms with E-state index >= 15 is 0 Å². The third kappa shape index (κ3) is 1.89. The molecule has 4 nitrogen and oxygen atoms in total. The molecule has 56 valence electrons. The Morgan fingerprint density at radius 1 is 1.50 bits per heavy atom. The first-order chi connectivity index (χ1) is 4.46. The maximum Gasteiger partial charge on any atom is 0.336 e. The van der Waals surface area contributed by atoms with Crippen LogP contribution in [0.25, 0.3) is 0 Å². The molecular weight excluding hydrogens is 134 g/mol. The van der Waals surface area contributed by atoms with E-state index in [0.29, 0.717) is 0 Å². The summed E-state index contributed by atoms with van der Waals surface area (Å²) in [4.78, 5) is 10.2. The van der Waals surface area contributed by atoms with Crippen molar-refractivity contribution in [3.05, 3.63) is 11.3 Å². The van der Waals surface area contributed by atoms with E-state index in [1.165, 1.54) is 6.92 Å². The highest BCUT2D eigenvalue weighted by Crippen LogP contribution is 1.99. The number of aliphatic carboxylic acids is 1. The molecule has 0 fully saturated rings. The summed E-state index contributed by atoms with van der Waals surface area (Å²) >= 11 is 0. The molecule has 10 heavy (non-hydrogen) atoms. The molecule has 0 atom stereocenters. The minimum absolute atomic E-state index is 0.208. The number of rotatable bonds is 2. The van der Waals surface area contributed by atoms with Gasteiger partial charge in [0.15, 0.2) is 0 Å². The van der Waals surface area contributed by atoms with Gasteiger partial charge in [0.2, 0.25) is 0 Å². The van der Waals surface area contributed by atoms with Crippen molar-refractivity contribution in [2.24, 2.45) is 0 Å². The predicted molar refractivity (Wildman–Crippen MR) is 33.7 cm³/mol. The smallest absolute Gasteiger partial charge is 0.336 e. The summed E-state index contributed by atoms with van der Waals surface area (Å²) in [7, 11) is 0. The van der Waals surface area contributed by atoms with Crippen LogP contribution in [-0.2, 0) is 4.79 Å². The largest absolute Gasteiger partial charge is 0.875 e. The topological polar surface area (TPSA) is 84.2 Å². The van der Waals surface area contributed by atoms with Gasteiger partial charge in [-0.15, -0.1) is 5.76 Å². The quantitative estimate of drug-likeness (QED) is 0.316. The Kier molecular flexibility index (Phi) is 2.61. The van der Waals surface area contributed by atoms with Gasteiger partial charge in [-0.1, -0.05) is 6.92 Å². The number of hydrogen-bond donors (Lipinski definition) is 2. The van der Waals surface area contributed by atoms with Gasteiger partial charge in [0.25, 0.3) is 0 Å². The van der Waals surface area contributed by atoms with Crippen LogP contribution in [-0.4, -0.2) is 16.8 Å². The number of carbonyl (C=O) groups is 1. The summed E-state index contributed by atoms with van der Waals surface area (Å²) in [5.41, 5.74) is -0.653. The highest BCUT2D eigenvalue weighted by molar-refractivity contribution is 6.17. The summed E-state index contributed by atoms with van der Waals surface area (Å²) < 4.78 is 0. The monoisotopic (exact) mass is 142 g/mol. The molecular formula is C6H8NO3-. The number of hydrogen-bond acceptors (Lipinski definition) is 3. The lowest BCUT2D eigenvalue weighted by molar-refractivity contribution is -0.302. The van der Waals surface area contributed by atoms with Gasteiger partial charge in [-0.2, -0.15) is 0 Å². The zero-order valence-electron chi connectivity index (χ0n) is 5.76. The van der Waals surface area contributed by atoms with Crippen LogP contribution in [0.1, 0.15) is 13.8 Å². The molecule has 0 spiro atoms. The summed E-state index contributed by atoms with van der Waals surface area (Å²) in [5, 5.41) is 25.7. The molecule has 0 unspecified atom stereocenters. The van der Waals surface area contributed by atoms with Gasteiger partial charge in [0.1, 0.15) is 0 Å². The number of carboxylic acid groups (broad SMARTS) is 1. The van der Waals surface area contributed by atoms with Crippen molar-refractivity contribution >= 4 is 11.7 Å². The minimum atomic E-state index is -1.33. The van der Waals surface area contributed by atoms with Crippen molar-refractivity contribution in [2.45, 2.75) is 13.8 Å². The van der Waals surface area contributed by atoms with E-state index in [2.05, 4.69) is 0 Å². The molecule has 2 N–H and O–H groups in total. The van der Waals surface area contributed by atoms with Crippen molar-refractivity contribution in [3.8, 4) is 0 Å². The molecule has 4 heteroatoms. The summed E-state index contributed by atoms with van der Waals surface area (Å²) in [6.45, 7) is 2.40. The Bertz CT molecular complexity index is 185. The van der Waals surface area contributed by atoms with Crippen LogP contribution in [0.15, 0.2) is 11.3 Å². The third-order valence-electron chi connectivity index (χ3n) is 0.941. The summed E-state index contributed by atoms with van der Waals surface area (Å²) in [5.74, 6) is -1.92. The normalized spacial score (nSPS) is 12.2. The fourth-order valence-corrected chi connectivity index (χ4v) is 0.575. The maximum atomic E-state index is 10.5. The van der Waals surface area contributed by atoms with Crippen LogP contribution < -0.4 is 5.11 Å². The van der Waals surface area contributed by atoms with Gasteiger partial charge in [0, 0.05) is 5.71 Å². The van der Waals surface area contributed by atoms with E-state index in [1.807, 2.05) is 0 Å². The molecule has 0 aliphatic rings. The third-order valence-corrected chi connectivity index (χ3v) is 0.941. The molecule has 0 saturated carbocycles. The molecule has 0 saturated heterocycles. The van der Waals surface area contributed by atoms with Gasteiger partial charge >= 0.3 is 5.97 Å². The average Bonchev–Trinajstić information content (AvgIpc) is 1.59. The lowest BCUT2D eigenvalue weighted by Gasteiger charge is -2.09.